The average Bonchev–Trinajstić information content (AvgIpc) is 2.83. The van der Waals surface area contributed by atoms with E-state index in [9.17, 15) is 4.79 Å². The van der Waals surface area contributed by atoms with Gasteiger partial charge >= 0.3 is 5.97 Å². The number of nitrogens with one attached hydrogen (secondary N) is 1. The maximum atomic E-state index is 11.5. The van der Waals surface area contributed by atoms with Crippen molar-refractivity contribution in [3.05, 3.63) is 51.9 Å². The van der Waals surface area contributed by atoms with Crippen molar-refractivity contribution in [1.29, 1.82) is 0 Å². The molecule has 0 amide bonds. The zero-order valence-corrected chi connectivity index (χ0v) is 11.6. The molecule has 0 spiro atoms. The molecule has 19 heavy (non-hydrogen) atoms. The number of ether oxygens (including phenoxy) is 1. The molecule has 0 saturated heterocycles. The van der Waals surface area contributed by atoms with Crippen LogP contribution < -0.4 is 5.32 Å². The summed E-state index contributed by atoms with van der Waals surface area (Å²) in [6, 6.07) is 8.45. The van der Waals surface area contributed by atoms with Crippen molar-refractivity contribution in [2.45, 2.75) is 6.54 Å². The Bertz CT molecular complexity index is 595. The molecule has 6 heteroatoms. The first-order valence-corrected chi connectivity index (χ1v) is 6.21. The Morgan fingerprint density at radius 1 is 1.32 bits per heavy atom. The fourth-order valence-electron chi connectivity index (χ4n) is 1.54. The highest BCUT2D eigenvalue weighted by Gasteiger charge is 2.11. The second-order valence-electron chi connectivity index (χ2n) is 3.75. The van der Waals surface area contributed by atoms with E-state index < -0.39 is 5.97 Å². The van der Waals surface area contributed by atoms with Crippen LogP contribution in [0.1, 0.15) is 16.1 Å². The van der Waals surface area contributed by atoms with Gasteiger partial charge in [0.2, 0.25) is 0 Å². The number of benzene rings is 1. The zero-order valence-electron chi connectivity index (χ0n) is 10.1. The molecule has 2 rings (SSSR count). The summed E-state index contributed by atoms with van der Waals surface area (Å²) in [7, 11) is 1.31. The Balaban J connectivity index is 2.10. The fraction of sp³-hybridized carbons (Fsp3) is 0.154. The van der Waals surface area contributed by atoms with Gasteiger partial charge in [-0.05, 0) is 41.9 Å². The minimum atomic E-state index is -0.477. The van der Waals surface area contributed by atoms with Crippen molar-refractivity contribution in [2.75, 3.05) is 12.4 Å². The highest BCUT2D eigenvalue weighted by Crippen LogP contribution is 2.22. The molecule has 0 unspecified atom stereocenters. The molecule has 4 nitrogen and oxygen atoms in total. The number of hydrogen-bond acceptors (Lipinski definition) is 4. The van der Waals surface area contributed by atoms with E-state index in [-0.39, 0.29) is 0 Å². The normalized spacial score (nSPS) is 10.3. The van der Waals surface area contributed by atoms with E-state index in [1.54, 1.807) is 30.3 Å². The van der Waals surface area contributed by atoms with Crippen LogP contribution in [0.3, 0.4) is 0 Å². The average molecular weight is 300 g/mol. The van der Waals surface area contributed by atoms with Crippen LogP contribution in [-0.4, -0.2) is 13.1 Å². The lowest BCUT2D eigenvalue weighted by Crippen LogP contribution is -2.04. The van der Waals surface area contributed by atoms with E-state index >= 15 is 0 Å². The number of esters is 1. The molecule has 0 fully saturated rings. The van der Waals surface area contributed by atoms with Gasteiger partial charge in [-0.3, -0.25) is 0 Å². The molecule has 0 saturated carbocycles. The highest BCUT2D eigenvalue weighted by molar-refractivity contribution is 6.33. The Labute approximate surface area is 120 Å². The molecule has 0 atom stereocenters. The summed E-state index contributed by atoms with van der Waals surface area (Å²) in [5.41, 5.74) is 1.05. The third-order valence-electron chi connectivity index (χ3n) is 2.47. The van der Waals surface area contributed by atoms with Gasteiger partial charge in [-0.2, -0.15) is 0 Å². The first-order chi connectivity index (χ1) is 9.10. The predicted molar refractivity (Wildman–Crippen MR) is 73.8 cm³/mol. The van der Waals surface area contributed by atoms with Gasteiger partial charge in [0.1, 0.15) is 5.76 Å². The number of anilines is 1. The van der Waals surface area contributed by atoms with Crippen LogP contribution in [0.15, 0.2) is 34.7 Å². The number of methoxy groups -OCH3 is 1. The van der Waals surface area contributed by atoms with E-state index in [0.29, 0.717) is 28.1 Å². The molecule has 0 bridgehead atoms. The molecule has 1 heterocycles. The van der Waals surface area contributed by atoms with Crippen molar-refractivity contribution in [3.63, 3.8) is 0 Å². The Kier molecular flexibility index (Phi) is 4.35. The molecule has 2 aromatic rings. The van der Waals surface area contributed by atoms with Crippen molar-refractivity contribution >= 4 is 34.9 Å². The van der Waals surface area contributed by atoms with Gasteiger partial charge in [0, 0.05) is 5.69 Å². The SMILES string of the molecule is COC(=O)c1cc(NCc2ccc(Cl)o2)ccc1Cl. The van der Waals surface area contributed by atoms with Gasteiger partial charge in [-0.15, -0.1) is 0 Å². The summed E-state index contributed by atoms with van der Waals surface area (Å²) in [5, 5.41) is 3.78. The maximum Gasteiger partial charge on any atom is 0.339 e. The Morgan fingerprint density at radius 3 is 2.74 bits per heavy atom. The van der Waals surface area contributed by atoms with Crippen molar-refractivity contribution in [3.8, 4) is 0 Å². The molecule has 0 aliphatic heterocycles. The highest BCUT2D eigenvalue weighted by atomic mass is 35.5. The van der Waals surface area contributed by atoms with Gasteiger partial charge in [-0.25, -0.2) is 4.79 Å². The standard InChI is InChI=1S/C13H11Cl2NO3/c1-18-13(17)10-6-8(2-4-11(10)14)16-7-9-3-5-12(15)19-9/h2-6,16H,7H2,1H3. The minimum absolute atomic E-state index is 0.312. The first kappa shape index (κ1) is 13.8. The first-order valence-electron chi connectivity index (χ1n) is 5.46. The number of rotatable bonds is 4. The van der Waals surface area contributed by atoms with Gasteiger partial charge in [-0.1, -0.05) is 11.6 Å². The molecule has 1 aromatic heterocycles. The molecule has 1 N–H and O–H groups in total. The number of carbonyl (C=O) groups excluding carboxylic acids is 1. The molecular weight excluding hydrogens is 289 g/mol. The van der Waals surface area contributed by atoms with Gasteiger partial charge in [0.25, 0.3) is 0 Å². The number of halogens is 2. The van der Waals surface area contributed by atoms with Crippen LogP contribution >= 0.6 is 23.2 Å². The van der Waals surface area contributed by atoms with Crippen LogP contribution in [0.2, 0.25) is 10.2 Å². The number of hydrogen-bond donors (Lipinski definition) is 1. The molecule has 0 aliphatic carbocycles. The van der Waals surface area contributed by atoms with Crippen LogP contribution in [0.25, 0.3) is 0 Å². The summed E-state index contributed by atoms with van der Waals surface area (Å²) < 4.78 is 9.86. The fourth-order valence-corrected chi connectivity index (χ4v) is 1.89. The topological polar surface area (TPSA) is 51.5 Å². The Hall–Kier alpha value is -1.65. The van der Waals surface area contributed by atoms with E-state index in [1.165, 1.54) is 7.11 Å². The summed E-state index contributed by atoms with van der Waals surface area (Å²) >= 11 is 11.6. The second kappa shape index (κ2) is 5.99. The summed E-state index contributed by atoms with van der Waals surface area (Å²) in [5.74, 6) is 0.217. The molecule has 0 radical (unpaired) electrons. The molecule has 0 aliphatic rings. The largest absolute Gasteiger partial charge is 0.465 e. The van der Waals surface area contributed by atoms with E-state index in [0.717, 1.165) is 5.69 Å². The summed E-state index contributed by atoms with van der Waals surface area (Å²) in [4.78, 5) is 11.5. The third-order valence-corrected chi connectivity index (χ3v) is 3.00. The molecular formula is C13H11Cl2NO3. The second-order valence-corrected chi connectivity index (χ2v) is 4.53. The summed E-state index contributed by atoms with van der Waals surface area (Å²) in [6.07, 6.45) is 0. The van der Waals surface area contributed by atoms with Crippen LogP contribution in [0, 0.1) is 0 Å². The van der Waals surface area contributed by atoms with E-state index in [2.05, 4.69) is 10.1 Å². The van der Waals surface area contributed by atoms with Crippen LogP contribution in [-0.2, 0) is 11.3 Å². The van der Waals surface area contributed by atoms with Gasteiger partial charge < -0.3 is 14.5 Å². The van der Waals surface area contributed by atoms with Gasteiger partial charge in [0.05, 0.1) is 24.2 Å². The van der Waals surface area contributed by atoms with Gasteiger partial charge in [0.15, 0.2) is 5.22 Å². The molecule has 1 aromatic carbocycles. The number of carbonyl (C=O) groups is 1. The van der Waals surface area contributed by atoms with Crippen molar-refractivity contribution in [1.82, 2.24) is 0 Å². The lowest BCUT2D eigenvalue weighted by Gasteiger charge is -2.07. The van der Waals surface area contributed by atoms with Crippen LogP contribution in [0.5, 0.6) is 0 Å². The van der Waals surface area contributed by atoms with Crippen LogP contribution in [0.4, 0.5) is 5.69 Å². The minimum Gasteiger partial charge on any atom is -0.465 e. The Morgan fingerprint density at radius 2 is 2.11 bits per heavy atom. The van der Waals surface area contributed by atoms with E-state index in [4.69, 9.17) is 27.6 Å². The van der Waals surface area contributed by atoms with Crippen molar-refractivity contribution in [2.24, 2.45) is 0 Å². The lowest BCUT2D eigenvalue weighted by atomic mass is 10.2. The smallest absolute Gasteiger partial charge is 0.339 e. The summed E-state index contributed by atoms with van der Waals surface area (Å²) in [6.45, 7) is 0.453. The third kappa shape index (κ3) is 3.43. The zero-order chi connectivity index (χ0) is 13.8. The lowest BCUT2D eigenvalue weighted by molar-refractivity contribution is 0.0601. The maximum absolute atomic E-state index is 11.5. The van der Waals surface area contributed by atoms with E-state index in [1.807, 2.05) is 0 Å². The molecule has 100 valence electrons. The quantitative estimate of drug-likeness (QED) is 0.868. The van der Waals surface area contributed by atoms with Crippen molar-refractivity contribution < 1.29 is 13.9 Å². The monoisotopic (exact) mass is 299 g/mol. The predicted octanol–water partition coefficient (Wildman–Crippen LogP) is 3.99. The number of furan rings is 1.